The average Bonchev–Trinajstić information content (AvgIpc) is 2.56. The molecule has 0 aliphatic carbocycles. The third kappa shape index (κ3) is 4.16. The minimum absolute atomic E-state index is 0.337. The first kappa shape index (κ1) is 16.7. The van der Waals surface area contributed by atoms with E-state index >= 15 is 0 Å². The highest BCUT2D eigenvalue weighted by Gasteiger charge is 2.20. The lowest BCUT2D eigenvalue weighted by Crippen LogP contribution is -2.23. The zero-order valence-corrected chi connectivity index (χ0v) is 13.4. The van der Waals surface area contributed by atoms with Gasteiger partial charge in [-0.05, 0) is 43.1 Å². The van der Waals surface area contributed by atoms with Crippen LogP contribution in [-0.4, -0.2) is 28.1 Å². The van der Waals surface area contributed by atoms with Gasteiger partial charge in [0, 0.05) is 13.1 Å². The van der Waals surface area contributed by atoms with Crippen LogP contribution in [0.3, 0.4) is 0 Å². The Bertz CT molecular complexity index is 685. The van der Waals surface area contributed by atoms with Crippen molar-refractivity contribution in [2.24, 2.45) is 5.73 Å². The van der Waals surface area contributed by atoms with E-state index in [1.54, 1.807) is 36.4 Å². The molecule has 0 aromatic heterocycles. The molecule has 0 saturated carbocycles. The van der Waals surface area contributed by atoms with E-state index in [0.29, 0.717) is 16.3 Å². The van der Waals surface area contributed by atoms with Gasteiger partial charge in [0.2, 0.25) is 9.84 Å². The van der Waals surface area contributed by atoms with Gasteiger partial charge < -0.3 is 11.1 Å². The van der Waals surface area contributed by atoms with E-state index in [0.717, 1.165) is 31.5 Å². The number of nitrogens with one attached hydrogen (secondary N) is 1. The first-order valence-corrected chi connectivity index (χ1v) is 8.93. The van der Waals surface area contributed by atoms with Crippen LogP contribution in [0.5, 0.6) is 0 Å². The molecule has 4 nitrogen and oxygen atoms in total. The Balaban J connectivity index is 2.18. The maximum absolute atomic E-state index is 12.8. The highest BCUT2D eigenvalue weighted by atomic mass is 32.2. The molecule has 3 N–H and O–H groups in total. The minimum Gasteiger partial charge on any atom is -0.329 e. The molecule has 0 saturated heterocycles. The Labute approximate surface area is 132 Å². The van der Waals surface area contributed by atoms with Gasteiger partial charge in [-0.15, -0.1) is 0 Å². The van der Waals surface area contributed by atoms with Crippen LogP contribution >= 0.6 is 0 Å². The zero-order chi connectivity index (χ0) is 15.8. The van der Waals surface area contributed by atoms with Gasteiger partial charge in [-0.25, -0.2) is 8.42 Å². The number of hydrogen-bond acceptors (Lipinski definition) is 4. The number of hydrogen-bond donors (Lipinski definition) is 2. The van der Waals surface area contributed by atoms with Crippen LogP contribution in [0.2, 0.25) is 0 Å². The van der Waals surface area contributed by atoms with E-state index in [4.69, 9.17) is 5.73 Å². The Hall–Kier alpha value is -1.69. The summed E-state index contributed by atoms with van der Waals surface area (Å²) in [6, 6.07) is 15.8. The van der Waals surface area contributed by atoms with Gasteiger partial charge in [0.25, 0.3) is 0 Å². The number of sulfone groups is 1. The van der Waals surface area contributed by atoms with Gasteiger partial charge in [0.05, 0.1) is 9.79 Å². The molecule has 0 aliphatic rings. The number of nitrogens with two attached hydrogens (primary N) is 1. The second kappa shape index (κ2) is 8.08. The summed E-state index contributed by atoms with van der Waals surface area (Å²) in [6.45, 7) is 2.22. The molecule has 0 bridgehead atoms. The topological polar surface area (TPSA) is 72.2 Å². The van der Waals surface area contributed by atoms with Gasteiger partial charge in [-0.3, -0.25) is 0 Å². The highest BCUT2D eigenvalue weighted by molar-refractivity contribution is 7.91. The molecule has 2 aromatic carbocycles. The normalized spacial score (nSPS) is 11.5. The summed E-state index contributed by atoms with van der Waals surface area (Å²) < 4.78 is 25.5. The summed E-state index contributed by atoms with van der Waals surface area (Å²) in [5.41, 5.74) is 6.29. The largest absolute Gasteiger partial charge is 0.329 e. The van der Waals surface area contributed by atoms with Crippen molar-refractivity contribution in [2.45, 2.75) is 22.6 Å². The van der Waals surface area contributed by atoms with Crippen LogP contribution < -0.4 is 11.1 Å². The lowest BCUT2D eigenvalue weighted by Gasteiger charge is -2.11. The summed E-state index contributed by atoms with van der Waals surface area (Å²) in [7, 11) is -3.46. The minimum atomic E-state index is -3.46. The molecule has 5 heteroatoms. The smallest absolute Gasteiger partial charge is 0.206 e. The van der Waals surface area contributed by atoms with Crippen LogP contribution in [0.1, 0.15) is 12.0 Å². The molecule has 0 heterocycles. The van der Waals surface area contributed by atoms with E-state index in [1.165, 1.54) is 0 Å². The Kier molecular flexibility index (Phi) is 6.12. The summed E-state index contributed by atoms with van der Waals surface area (Å²) in [4.78, 5) is 0.740. The summed E-state index contributed by atoms with van der Waals surface area (Å²) in [5.74, 6) is 0. The van der Waals surface area contributed by atoms with E-state index in [1.807, 2.05) is 18.2 Å². The van der Waals surface area contributed by atoms with E-state index in [9.17, 15) is 8.42 Å². The second-order valence-electron chi connectivity index (χ2n) is 5.07. The molecule has 22 heavy (non-hydrogen) atoms. The average molecular weight is 318 g/mol. The Morgan fingerprint density at radius 2 is 1.59 bits per heavy atom. The van der Waals surface area contributed by atoms with Gasteiger partial charge in [-0.1, -0.05) is 36.4 Å². The molecule has 2 rings (SSSR count). The number of rotatable bonds is 8. The Morgan fingerprint density at radius 3 is 2.32 bits per heavy atom. The van der Waals surface area contributed by atoms with Crippen molar-refractivity contribution in [1.29, 1.82) is 0 Å². The van der Waals surface area contributed by atoms with Crippen LogP contribution in [0.4, 0.5) is 0 Å². The molecular formula is C17H22N2O2S. The molecule has 0 radical (unpaired) electrons. The molecule has 118 valence electrons. The van der Waals surface area contributed by atoms with Crippen LogP contribution in [0.15, 0.2) is 64.4 Å². The third-order valence-corrected chi connectivity index (χ3v) is 5.31. The quantitative estimate of drug-likeness (QED) is 0.730. The SMILES string of the molecule is NCCNCCCc1ccccc1S(=O)(=O)c1ccccc1. The summed E-state index contributed by atoms with van der Waals surface area (Å²) in [6.07, 6.45) is 1.60. The molecule has 0 atom stereocenters. The van der Waals surface area contributed by atoms with Gasteiger partial charge in [-0.2, -0.15) is 0 Å². The van der Waals surface area contributed by atoms with E-state index < -0.39 is 9.84 Å². The molecular weight excluding hydrogens is 296 g/mol. The van der Waals surface area contributed by atoms with Crippen molar-refractivity contribution < 1.29 is 8.42 Å². The van der Waals surface area contributed by atoms with Gasteiger partial charge >= 0.3 is 0 Å². The standard InChI is InChI=1S/C17H22N2O2S/c18-12-14-19-13-6-8-15-7-4-5-11-17(15)22(20,21)16-9-2-1-3-10-16/h1-5,7,9-11,19H,6,8,12-14,18H2. The van der Waals surface area contributed by atoms with Crippen molar-refractivity contribution in [3.05, 3.63) is 60.2 Å². The lowest BCUT2D eigenvalue weighted by atomic mass is 10.1. The molecule has 2 aromatic rings. The third-order valence-electron chi connectivity index (χ3n) is 3.44. The summed E-state index contributed by atoms with van der Waals surface area (Å²) >= 11 is 0. The number of aryl methyl sites for hydroxylation is 1. The maximum Gasteiger partial charge on any atom is 0.206 e. The van der Waals surface area contributed by atoms with Crippen molar-refractivity contribution >= 4 is 9.84 Å². The molecule has 0 aliphatic heterocycles. The second-order valence-corrected chi connectivity index (χ2v) is 6.98. The Morgan fingerprint density at radius 1 is 0.909 bits per heavy atom. The molecule has 0 spiro atoms. The van der Waals surface area contributed by atoms with Crippen LogP contribution in [0.25, 0.3) is 0 Å². The van der Waals surface area contributed by atoms with Crippen LogP contribution in [-0.2, 0) is 16.3 Å². The van der Waals surface area contributed by atoms with Crippen molar-refractivity contribution in [3.8, 4) is 0 Å². The predicted molar refractivity (Wildman–Crippen MR) is 88.6 cm³/mol. The van der Waals surface area contributed by atoms with Crippen molar-refractivity contribution in [2.75, 3.05) is 19.6 Å². The molecule has 0 amide bonds. The monoisotopic (exact) mass is 318 g/mol. The maximum atomic E-state index is 12.8. The lowest BCUT2D eigenvalue weighted by molar-refractivity contribution is 0.593. The molecule has 0 unspecified atom stereocenters. The van der Waals surface area contributed by atoms with Crippen molar-refractivity contribution in [3.63, 3.8) is 0 Å². The fourth-order valence-electron chi connectivity index (χ4n) is 2.33. The first-order valence-electron chi connectivity index (χ1n) is 7.45. The van der Waals surface area contributed by atoms with Gasteiger partial charge in [0.15, 0.2) is 0 Å². The number of benzene rings is 2. The fraction of sp³-hybridized carbons (Fsp3) is 0.294. The van der Waals surface area contributed by atoms with Crippen LogP contribution in [0, 0.1) is 0 Å². The van der Waals surface area contributed by atoms with Crippen molar-refractivity contribution in [1.82, 2.24) is 5.32 Å². The first-order chi connectivity index (χ1) is 10.7. The predicted octanol–water partition coefficient (Wildman–Crippen LogP) is 2.00. The van der Waals surface area contributed by atoms with Gasteiger partial charge in [0.1, 0.15) is 0 Å². The zero-order valence-electron chi connectivity index (χ0n) is 12.5. The highest BCUT2D eigenvalue weighted by Crippen LogP contribution is 2.24. The van der Waals surface area contributed by atoms with E-state index in [2.05, 4.69) is 5.32 Å². The summed E-state index contributed by atoms with van der Waals surface area (Å²) in [5, 5.41) is 3.22. The molecule has 0 fully saturated rings. The van der Waals surface area contributed by atoms with E-state index in [-0.39, 0.29) is 0 Å². The fourth-order valence-corrected chi connectivity index (χ4v) is 3.87.